The Morgan fingerprint density at radius 2 is 0.643 bits per heavy atom. The first kappa shape index (κ1) is 14.7. The lowest BCUT2D eigenvalue weighted by molar-refractivity contribution is 1.71. The summed E-state index contributed by atoms with van der Waals surface area (Å²) in [6, 6.07) is 0. The molecule has 0 heterocycles. The average Bonchev–Trinajstić information content (AvgIpc) is 1.77. The van der Waals surface area contributed by atoms with Gasteiger partial charge in [0.2, 0.25) is 0 Å². The van der Waals surface area contributed by atoms with E-state index in [1.54, 1.807) is 0 Å². The van der Waals surface area contributed by atoms with Gasteiger partial charge in [0.25, 0.3) is 0 Å². The summed E-state index contributed by atoms with van der Waals surface area (Å²) >= 11 is 0. The van der Waals surface area contributed by atoms with Gasteiger partial charge in [-0.2, -0.15) is 6.82 Å². The molecule has 0 saturated carbocycles. The lowest BCUT2D eigenvalue weighted by atomic mass is 10.1. The normalized spacial score (nSPS) is 15.9. The van der Waals surface area contributed by atoms with Crippen molar-refractivity contribution >= 4 is 28.8 Å². The maximum Gasteiger partial charge on any atom is 0.00796 e. The molecule has 0 spiro atoms. The highest BCUT2D eigenvalue weighted by molar-refractivity contribution is 7.89. The van der Waals surface area contributed by atoms with Crippen LogP contribution in [0.15, 0.2) is 0 Å². The van der Waals surface area contributed by atoms with E-state index in [1.165, 1.54) is 0 Å². The zero-order chi connectivity index (χ0) is 12.0. The predicted octanol–water partition coefficient (Wildman–Crippen LogP) is 4.31. The quantitative estimate of drug-likeness (QED) is 0.650. The van der Waals surface area contributed by atoms with Crippen LogP contribution in [-0.2, 0) is 0 Å². The topological polar surface area (TPSA) is 0 Å². The Kier molecular flexibility index (Phi) is 3.82. The van der Waals surface area contributed by atoms with Gasteiger partial charge in [-0.25, -0.2) is 0 Å². The molecule has 0 rings (SSSR count). The minimum atomic E-state index is -0.996. The molecule has 0 atom stereocenters. The fourth-order valence-electron chi connectivity index (χ4n) is 3.90. The van der Waals surface area contributed by atoms with Crippen LogP contribution >= 0.6 is 0 Å². The van der Waals surface area contributed by atoms with E-state index in [4.69, 9.17) is 0 Å². The van der Waals surface area contributed by atoms with Gasteiger partial charge in [-0.3, -0.25) is 0 Å². The molecular weight excluding hydrogens is 215 g/mol. The third-order valence-electron chi connectivity index (χ3n) is 5.20. The van der Waals surface area contributed by atoms with Crippen molar-refractivity contribution in [1.82, 2.24) is 0 Å². The molecule has 0 radical (unpaired) electrons. The Bertz CT molecular complexity index is 169. The van der Waals surface area contributed by atoms with Crippen LogP contribution in [0.5, 0.6) is 0 Å². The predicted molar refractivity (Wildman–Crippen MR) is 81.7 cm³/mol. The molecule has 0 nitrogen and oxygen atoms in total. The van der Waals surface area contributed by atoms with Crippen LogP contribution in [-0.4, -0.2) is 28.8 Å². The minimum Gasteiger partial charge on any atom is -0.193 e. The summed E-state index contributed by atoms with van der Waals surface area (Å²) in [5.41, 5.74) is 0. The van der Waals surface area contributed by atoms with E-state index in [2.05, 4.69) is 65.7 Å². The molecule has 0 aliphatic rings. The smallest absolute Gasteiger partial charge is 0.00796 e. The van der Waals surface area contributed by atoms with E-state index in [0.29, 0.717) is 0 Å². The highest BCUT2D eigenvalue weighted by atomic mass is 28.4. The molecule has 4 heteroatoms. The first-order valence-corrected chi connectivity index (χ1v) is 16.7. The van der Waals surface area contributed by atoms with Crippen molar-refractivity contribution in [2.75, 3.05) is 0 Å². The molecule has 0 aromatic heterocycles. The molecular formula is C10H30BSi3-. The molecule has 0 amide bonds. The first-order valence-electron chi connectivity index (χ1n) is 5.94. The van der Waals surface area contributed by atoms with Crippen LogP contribution in [0.4, 0.5) is 0 Å². The summed E-state index contributed by atoms with van der Waals surface area (Å²) in [4.78, 5) is -0.0208. The first-order chi connectivity index (χ1) is 5.75. The average molecular weight is 245 g/mol. The van der Waals surface area contributed by atoms with Crippen molar-refractivity contribution < 1.29 is 0 Å². The minimum absolute atomic E-state index is 0.0208. The molecule has 0 aliphatic carbocycles. The van der Waals surface area contributed by atoms with Gasteiger partial charge in [0.1, 0.15) is 0 Å². The second-order valence-corrected chi connectivity index (χ2v) is 27.8. The van der Waals surface area contributed by atoms with Gasteiger partial charge >= 0.3 is 0 Å². The van der Waals surface area contributed by atoms with Gasteiger partial charge in [-0.05, 0) is 0 Å². The van der Waals surface area contributed by atoms with E-state index < -0.39 is 23.8 Å². The van der Waals surface area contributed by atoms with E-state index in [9.17, 15) is 0 Å². The van der Waals surface area contributed by atoms with E-state index in [0.717, 1.165) is 0 Å². The van der Waals surface area contributed by atoms with E-state index in [1.807, 2.05) is 0 Å². The van der Waals surface area contributed by atoms with Crippen LogP contribution in [0.1, 0.15) is 0 Å². The SMILES string of the molecule is C[B-]([Si](C)(C)C)([Si](C)(C)C)[Si](C)(C)C. The lowest BCUT2D eigenvalue weighted by Gasteiger charge is -2.63. The van der Waals surface area contributed by atoms with Crippen LogP contribution in [0.2, 0.25) is 65.7 Å². The third-order valence-corrected chi connectivity index (χ3v) is 31.2. The van der Waals surface area contributed by atoms with E-state index >= 15 is 0 Å². The summed E-state index contributed by atoms with van der Waals surface area (Å²) in [7, 11) is -2.99. The summed E-state index contributed by atoms with van der Waals surface area (Å²) in [5, 5.41) is 0. The number of hydrogen-bond acceptors (Lipinski definition) is 0. The zero-order valence-electron chi connectivity index (χ0n) is 12.1. The van der Waals surface area contributed by atoms with Gasteiger partial charge in [0.15, 0.2) is 0 Å². The molecule has 0 aromatic carbocycles. The van der Waals surface area contributed by atoms with Gasteiger partial charge in [-0.15, -0.1) is 23.8 Å². The second-order valence-electron chi connectivity index (χ2n) is 8.40. The largest absolute Gasteiger partial charge is 0.193 e. The summed E-state index contributed by atoms with van der Waals surface area (Å²) in [6.45, 7) is 26.1. The molecule has 0 N–H and O–H groups in total. The number of hydrogen-bond donors (Lipinski definition) is 0. The fraction of sp³-hybridized carbons (Fsp3) is 1.00. The molecule has 0 bridgehead atoms. The Morgan fingerprint density at radius 1 is 0.500 bits per heavy atom. The molecule has 86 valence electrons. The molecule has 0 aromatic rings. The van der Waals surface area contributed by atoms with Crippen molar-refractivity contribution in [1.29, 1.82) is 0 Å². The molecule has 0 saturated heterocycles. The van der Waals surface area contributed by atoms with Crippen molar-refractivity contribution in [3.8, 4) is 0 Å². The summed E-state index contributed by atoms with van der Waals surface area (Å²) < 4.78 is 0. The Morgan fingerprint density at radius 3 is 0.643 bits per heavy atom. The highest BCUT2D eigenvalue weighted by Gasteiger charge is 2.49. The van der Waals surface area contributed by atoms with Crippen LogP contribution in [0.3, 0.4) is 0 Å². The van der Waals surface area contributed by atoms with Crippen molar-refractivity contribution in [3.05, 3.63) is 0 Å². The lowest BCUT2D eigenvalue weighted by Crippen LogP contribution is -2.80. The van der Waals surface area contributed by atoms with Crippen LogP contribution < -0.4 is 0 Å². The summed E-state index contributed by atoms with van der Waals surface area (Å²) in [6.07, 6.45) is 0. The van der Waals surface area contributed by atoms with Crippen molar-refractivity contribution in [2.45, 2.75) is 65.7 Å². The Balaban J connectivity index is 5.54. The zero-order valence-corrected chi connectivity index (χ0v) is 15.1. The van der Waals surface area contributed by atoms with Gasteiger partial charge in [0.05, 0.1) is 0 Å². The standard InChI is InChI=1S/C10H30BSi3/c1-11(12(2,3)4,13(5,6)7)14(8,9)10/h1-10H3/q-1. The van der Waals surface area contributed by atoms with Gasteiger partial charge in [-0.1, -0.05) is 58.9 Å². The van der Waals surface area contributed by atoms with Crippen LogP contribution in [0, 0.1) is 0 Å². The summed E-state index contributed by atoms with van der Waals surface area (Å²) in [5.74, 6) is 0. The van der Waals surface area contributed by atoms with Gasteiger partial charge < -0.3 is 0 Å². The molecule has 14 heavy (non-hydrogen) atoms. The Labute approximate surface area is 94.6 Å². The maximum absolute atomic E-state index is 2.69. The highest BCUT2D eigenvalue weighted by Crippen LogP contribution is 2.36. The third kappa shape index (κ3) is 2.27. The maximum atomic E-state index is 2.69. The monoisotopic (exact) mass is 245 g/mol. The van der Waals surface area contributed by atoms with Crippen LogP contribution in [0.25, 0.3) is 0 Å². The molecule has 0 aliphatic heterocycles. The van der Waals surface area contributed by atoms with Crippen molar-refractivity contribution in [3.63, 3.8) is 0 Å². The molecule has 0 unspecified atom stereocenters. The Hall–Kier alpha value is 0.716. The molecule has 0 fully saturated rings. The van der Waals surface area contributed by atoms with E-state index in [-0.39, 0.29) is 4.92 Å². The second kappa shape index (κ2) is 3.63. The van der Waals surface area contributed by atoms with Crippen molar-refractivity contribution in [2.24, 2.45) is 0 Å². The number of rotatable bonds is 3. The van der Waals surface area contributed by atoms with Gasteiger partial charge in [0, 0.05) is 4.92 Å². The fourth-order valence-corrected chi connectivity index (χ4v) is 35.1.